The number of anilines is 1. The van der Waals surface area contributed by atoms with E-state index < -0.39 is 9.84 Å². The summed E-state index contributed by atoms with van der Waals surface area (Å²) in [6, 6.07) is 14.6. The summed E-state index contributed by atoms with van der Waals surface area (Å²) < 4.78 is 26.1. The van der Waals surface area contributed by atoms with Gasteiger partial charge >= 0.3 is 0 Å². The Hall–Kier alpha value is -2.29. The highest BCUT2D eigenvalue weighted by molar-refractivity contribution is 7.91. The molecule has 1 aromatic heterocycles. The zero-order valence-electron chi connectivity index (χ0n) is 17.5. The Balaban J connectivity index is 1.69. The van der Waals surface area contributed by atoms with Crippen LogP contribution in [0.25, 0.3) is 10.2 Å². The van der Waals surface area contributed by atoms with Crippen LogP contribution in [0.4, 0.5) is 5.13 Å². The third kappa shape index (κ3) is 5.65. The number of amides is 1. The summed E-state index contributed by atoms with van der Waals surface area (Å²) >= 11 is 1.48. The molecule has 1 heterocycles. The average molecular weight is 446 g/mol. The molecule has 0 aliphatic carbocycles. The van der Waals surface area contributed by atoms with Gasteiger partial charge in [0.1, 0.15) is 0 Å². The number of fused-ring (bicyclic) bond motifs is 1. The molecule has 0 spiro atoms. The summed E-state index contributed by atoms with van der Waals surface area (Å²) in [4.78, 5) is 21.6. The molecule has 3 aromatic rings. The van der Waals surface area contributed by atoms with Crippen molar-refractivity contribution in [3.05, 3.63) is 54.1 Å². The second-order valence-electron chi connectivity index (χ2n) is 7.55. The van der Waals surface area contributed by atoms with E-state index >= 15 is 0 Å². The van der Waals surface area contributed by atoms with E-state index in [1.165, 1.54) is 11.3 Å². The Labute approximate surface area is 182 Å². The van der Waals surface area contributed by atoms with Crippen LogP contribution < -0.4 is 4.90 Å². The number of aromatic nitrogens is 1. The Morgan fingerprint density at radius 1 is 1.03 bits per heavy atom. The van der Waals surface area contributed by atoms with Crippen LogP contribution in [0.15, 0.2) is 53.4 Å². The molecule has 0 saturated heterocycles. The minimum Gasteiger partial charge on any atom is -0.308 e. The van der Waals surface area contributed by atoms with Gasteiger partial charge in [0, 0.05) is 19.5 Å². The van der Waals surface area contributed by atoms with E-state index in [0.29, 0.717) is 23.1 Å². The lowest BCUT2D eigenvalue weighted by molar-refractivity contribution is -0.118. The first-order chi connectivity index (χ1) is 14.3. The predicted octanol–water partition coefficient (Wildman–Crippen LogP) is 3.75. The van der Waals surface area contributed by atoms with Crippen LogP contribution in [0.3, 0.4) is 0 Å². The van der Waals surface area contributed by atoms with Crippen molar-refractivity contribution < 1.29 is 13.2 Å². The molecular formula is C22H27N3O3S2. The van der Waals surface area contributed by atoms with Gasteiger partial charge in [-0.3, -0.25) is 9.69 Å². The zero-order valence-corrected chi connectivity index (χ0v) is 19.2. The maximum atomic E-state index is 13.0. The Morgan fingerprint density at radius 2 is 1.73 bits per heavy atom. The van der Waals surface area contributed by atoms with E-state index in [2.05, 4.69) is 4.98 Å². The molecule has 0 unspecified atom stereocenters. The van der Waals surface area contributed by atoms with Crippen LogP contribution in [0.2, 0.25) is 0 Å². The topological polar surface area (TPSA) is 70.6 Å². The maximum Gasteiger partial charge on any atom is 0.228 e. The van der Waals surface area contributed by atoms with E-state index in [1.54, 1.807) is 29.2 Å². The van der Waals surface area contributed by atoms with Gasteiger partial charge in [-0.1, -0.05) is 41.2 Å². The van der Waals surface area contributed by atoms with Gasteiger partial charge in [-0.2, -0.15) is 0 Å². The smallest absolute Gasteiger partial charge is 0.228 e. The third-order valence-electron chi connectivity index (χ3n) is 4.77. The number of aryl methyl sites for hydroxylation is 1. The van der Waals surface area contributed by atoms with Crippen LogP contribution in [-0.4, -0.2) is 57.1 Å². The molecule has 0 bridgehead atoms. The summed E-state index contributed by atoms with van der Waals surface area (Å²) in [7, 11) is 0.506. The van der Waals surface area contributed by atoms with Crippen molar-refractivity contribution in [3.63, 3.8) is 0 Å². The number of rotatable bonds is 9. The van der Waals surface area contributed by atoms with Crippen molar-refractivity contribution in [1.82, 2.24) is 9.88 Å². The minimum atomic E-state index is -3.40. The van der Waals surface area contributed by atoms with Gasteiger partial charge in [-0.05, 0) is 51.7 Å². The molecule has 0 N–H and O–H groups in total. The Morgan fingerprint density at radius 3 is 2.40 bits per heavy atom. The van der Waals surface area contributed by atoms with Gasteiger partial charge in [-0.25, -0.2) is 13.4 Å². The minimum absolute atomic E-state index is 0.0524. The molecule has 0 fully saturated rings. The van der Waals surface area contributed by atoms with Crippen molar-refractivity contribution in [2.45, 2.75) is 24.7 Å². The highest BCUT2D eigenvalue weighted by atomic mass is 32.2. The summed E-state index contributed by atoms with van der Waals surface area (Å²) in [5.41, 5.74) is 1.87. The molecule has 0 radical (unpaired) electrons. The fraction of sp³-hybridized carbons (Fsp3) is 0.364. The lowest BCUT2D eigenvalue weighted by Crippen LogP contribution is -2.36. The zero-order chi connectivity index (χ0) is 21.7. The fourth-order valence-electron chi connectivity index (χ4n) is 3.01. The van der Waals surface area contributed by atoms with Crippen molar-refractivity contribution >= 4 is 42.4 Å². The molecule has 6 nitrogen and oxygen atoms in total. The quantitative estimate of drug-likeness (QED) is 0.502. The molecule has 160 valence electrons. The van der Waals surface area contributed by atoms with Crippen molar-refractivity contribution in [2.75, 3.05) is 37.8 Å². The first kappa shape index (κ1) is 22.4. The number of para-hydroxylation sites is 1. The molecule has 0 saturated carbocycles. The first-order valence-corrected chi connectivity index (χ1v) is 12.3. The second kappa shape index (κ2) is 9.68. The largest absolute Gasteiger partial charge is 0.308 e. The van der Waals surface area contributed by atoms with E-state index in [-0.39, 0.29) is 24.5 Å². The van der Waals surface area contributed by atoms with E-state index in [0.717, 1.165) is 15.8 Å². The second-order valence-corrected chi connectivity index (χ2v) is 10.7. The highest BCUT2D eigenvalue weighted by Crippen LogP contribution is 2.29. The van der Waals surface area contributed by atoms with Crippen LogP contribution in [-0.2, 0) is 14.6 Å². The number of likely N-dealkylation sites (N-methyl/N-ethyl adjacent to an activating group) is 1. The number of thiazole rings is 1. The van der Waals surface area contributed by atoms with E-state index in [4.69, 9.17) is 0 Å². The van der Waals surface area contributed by atoms with Gasteiger partial charge < -0.3 is 4.90 Å². The first-order valence-electron chi connectivity index (χ1n) is 9.86. The number of carbonyl (C=O) groups is 1. The van der Waals surface area contributed by atoms with Gasteiger partial charge in [0.25, 0.3) is 0 Å². The fourth-order valence-corrected chi connectivity index (χ4v) is 5.33. The van der Waals surface area contributed by atoms with E-state index in [1.807, 2.05) is 50.2 Å². The summed E-state index contributed by atoms with van der Waals surface area (Å²) in [5, 5.41) is 0.657. The summed E-state index contributed by atoms with van der Waals surface area (Å²) in [6.45, 7) is 3.12. The van der Waals surface area contributed by atoms with Gasteiger partial charge in [0.15, 0.2) is 15.0 Å². The molecule has 1 amide bonds. The van der Waals surface area contributed by atoms with Gasteiger partial charge in [0.2, 0.25) is 5.91 Å². The van der Waals surface area contributed by atoms with Gasteiger partial charge in [-0.15, -0.1) is 0 Å². The van der Waals surface area contributed by atoms with Crippen molar-refractivity contribution in [2.24, 2.45) is 0 Å². The van der Waals surface area contributed by atoms with Crippen LogP contribution in [0.1, 0.15) is 18.4 Å². The normalized spacial score (nSPS) is 11.9. The molecule has 30 heavy (non-hydrogen) atoms. The van der Waals surface area contributed by atoms with Crippen molar-refractivity contribution in [3.8, 4) is 0 Å². The number of carbonyl (C=O) groups excluding carboxylic acids is 1. The third-order valence-corrected chi connectivity index (χ3v) is 7.65. The SMILES string of the molecule is Cc1ccc(S(=O)(=O)CCCC(=O)N(CCN(C)C)c2nc3ccccc3s2)cc1. The van der Waals surface area contributed by atoms with Gasteiger partial charge in [0.05, 0.1) is 20.9 Å². The molecule has 2 aromatic carbocycles. The highest BCUT2D eigenvalue weighted by Gasteiger charge is 2.21. The monoisotopic (exact) mass is 445 g/mol. The summed E-state index contributed by atoms with van der Waals surface area (Å²) in [6.07, 6.45) is 0.437. The molecule has 3 rings (SSSR count). The number of nitrogens with zero attached hydrogens (tertiary/aromatic N) is 3. The van der Waals surface area contributed by atoms with Crippen molar-refractivity contribution in [1.29, 1.82) is 0 Å². The molecule has 0 atom stereocenters. The lowest BCUT2D eigenvalue weighted by atomic mass is 10.2. The van der Waals surface area contributed by atoms with Crippen LogP contribution in [0, 0.1) is 6.92 Å². The Bertz CT molecular complexity index is 1070. The Kier molecular flexibility index (Phi) is 7.23. The molecular weight excluding hydrogens is 418 g/mol. The standard InChI is InChI=1S/C22H27N3O3S2/c1-17-10-12-18(13-11-17)30(27,28)16-6-9-21(26)25(15-14-24(2)3)22-23-19-7-4-5-8-20(19)29-22/h4-5,7-8,10-13H,6,9,14-16H2,1-3H3. The summed E-state index contributed by atoms with van der Waals surface area (Å²) in [5.74, 6) is -0.154. The van der Waals surface area contributed by atoms with Crippen LogP contribution in [0.5, 0.6) is 0 Å². The number of hydrogen-bond acceptors (Lipinski definition) is 6. The van der Waals surface area contributed by atoms with Crippen LogP contribution >= 0.6 is 11.3 Å². The number of benzene rings is 2. The molecule has 0 aliphatic rings. The molecule has 0 aliphatic heterocycles. The maximum absolute atomic E-state index is 13.0. The average Bonchev–Trinajstić information content (AvgIpc) is 3.12. The predicted molar refractivity (Wildman–Crippen MR) is 123 cm³/mol. The molecule has 8 heteroatoms. The number of sulfone groups is 1. The van der Waals surface area contributed by atoms with E-state index in [9.17, 15) is 13.2 Å². The lowest BCUT2D eigenvalue weighted by Gasteiger charge is -2.22. The number of hydrogen-bond donors (Lipinski definition) is 0.